The lowest BCUT2D eigenvalue weighted by atomic mass is 10.1. The second-order valence-electron chi connectivity index (χ2n) is 4.18. The molecule has 1 aromatic rings. The van der Waals surface area contributed by atoms with E-state index in [4.69, 9.17) is 11.6 Å². The van der Waals surface area contributed by atoms with Crippen LogP contribution in [-0.4, -0.2) is 30.6 Å². The third kappa shape index (κ3) is 2.94. The van der Waals surface area contributed by atoms with E-state index in [1.54, 1.807) is 0 Å². The Labute approximate surface area is 96.2 Å². The highest BCUT2D eigenvalue weighted by Gasteiger charge is 2.15. The van der Waals surface area contributed by atoms with E-state index < -0.39 is 0 Å². The standard InChI is InChI=1S/C12H17ClN2/c1-10-8-15(7-6-14-10)9-11-4-2-3-5-12(11)13/h2-5,10,14H,6-9H2,1H3. The second kappa shape index (κ2) is 4.97. The van der Waals surface area contributed by atoms with Crippen LogP contribution in [-0.2, 0) is 6.54 Å². The fraction of sp³-hybridized carbons (Fsp3) is 0.500. The van der Waals surface area contributed by atoms with Crippen molar-refractivity contribution >= 4 is 11.6 Å². The molecule has 0 saturated carbocycles. The van der Waals surface area contributed by atoms with Crippen LogP contribution in [0.4, 0.5) is 0 Å². The lowest BCUT2D eigenvalue weighted by Crippen LogP contribution is -2.48. The summed E-state index contributed by atoms with van der Waals surface area (Å²) in [7, 11) is 0. The Morgan fingerprint density at radius 1 is 1.47 bits per heavy atom. The van der Waals surface area contributed by atoms with Gasteiger partial charge in [0.05, 0.1) is 0 Å². The van der Waals surface area contributed by atoms with Crippen molar-refractivity contribution in [1.29, 1.82) is 0 Å². The average molecular weight is 225 g/mol. The van der Waals surface area contributed by atoms with Gasteiger partial charge in [-0.15, -0.1) is 0 Å². The Bertz CT molecular complexity index is 327. The van der Waals surface area contributed by atoms with Gasteiger partial charge in [0.1, 0.15) is 0 Å². The average Bonchev–Trinajstić information content (AvgIpc) is 2.22. The molecule has 0 bridgehead atoms. The molecule has 1 aromatic carbocycles. The molecule has 1 N–H and O–H groups in total. The topological polar surface area (TPSA) is 15.3 Å². The number of rotatable bonds is 2. The van der Waals surface area contributed by atoms with Crippen LogP contribution in [0.5, 0.6) is 0 Å². The first-order chi connectivity index (χ1) is 7.25. The van der Waals surface area contributed by atoms with E-state index in [0.29, 0.717) is 6.04 Å². The van der Waals surface area contributed by atoms with E-state index in [1.807, 2.05) is 18.2 Å². The minimum atomic E-state index is 0.584. The molecule has 2 rings (SSSR count). The van der Waals surface area contributed by atoms with Crippen LogP contribution in [0.3, 0.4) is 0 Å². The van der Waals surface area contributed by atoms with Gasteiger partial charge >= 0.3 is 0 Å². The third-order valence-electron chi connectivity index (χ3n) is 2.80. The molecule has 0 radical (unpaired) electrons. The Morgan fingerprint density at radius 3 is 3.00 bits per heavy atom. The summed E-state index contributed by atoms with van der Waals surface area (Å²) in [6.45, 7) is 6.47. The molecule has 3 heteroatoms. The summed E-state index contributed by atoms with van der Waals surface area (Å²) < 4.78 is 0. The van der Waals surface area contributed by atoms with Crippen molar-refractivity contribution in [3.63, 3.8) is 0 Å². The van der Waals surface area contributed by atoms with E-state index in [2.05, 4.69) is 23.2 Å². The summed E-state index contributed by atoms with van der Waals surface area (Å²) in [6.07, 6.45) is 0. The van der Waals surface area contributed by atoms with Crippen LogP contribution < -0.4 is 5.32 Å². The summed E-state index contributed by atoms with van der Waals surface area (Å²) in [6, 6.07) is 8.68. The van der Waals surface area contributed by atoms with Crippen molar-refractivity contribution in [3.05, 3.63) is 34.9 Å². The van der Waals surface area contributed by atoms with Crippen molar-refractivity contribution in [1.82, 2.24) is 10.2 Å². The van der Waals surface area contributed by atoms with Crippen molar-refractivity contribution < 1.29 is 0 Å². The van der Waals surface area contributed by atoms with Gasteiger partial charge < -0.3 is 5.32 Å². The van der Waals surface area contributed by atoms with E-state index in [1.165, 1.54) is 5.56 Å². The molecule has 2 nitrogen and oxygen atoms in total. The first-order valence-electron chi connectivity index (χ1n) is 5.45. The van der Waals surface area contributed by atoms with E-state index in [9.17, 15) is 0 Å². The van der Waals surface area contributed by atoms with E-state index >= 15 is 0 Å². The minimum absolute atomic E-state index is 0.584. The maximum absolute atomic E-state index is 6.14. The first kappa shape index (κ1) is 10.9. The van der Waals surface area contributed by atoms with Gasteiger partial charge in [-0.2, -0.15) is 0 Å². The largest absolute Gasteiger partial charge is 0.312 e. The molecule has 0 amide bonds. The van der Waals surface area contributed by atoms with Crippen LogP contribution in [0.2, 0.25) is 5.02 Å². The van der Waals surface area contributed by atoms with Gasteiger partial charge in [0.25, 0.3) is 0 Å². The maximum Gasteiger partial charge on any atom is 0.0451 e. The molecule has 1 aliphatic rings. The minimum Gasteiger partial charge on any atom is -0.312 e. The number of hydrogen-bond donors (Lipinski definition) is 1. The molecule has 0 aromatic heterocycles. The van der Waals surface area contributed by atoms with Crippen molar-refractivity contribution in [2.45, 2.75) is 19.5 Å². The quantitative estimate of drug-likeness (QED) is 0.828. The summed E-state index contributed by atoms with van der Waals surface area (Å²) in [5.41, 5.74) is 1.23. The summed E-state index contributed by atoms with van der Waals surface area (Å²) in [5, 5.41) is 4.32. The Hall–Kier alpha value is -0.570. The summed E-state index contributed by atoms with van der Waals surface area (Å²) >= 11 is 6.14. The smallest absolute Gasteiger partial charge is 0.0451 e. The SMILES string of the molecule is CC1CN(Cc2ccccc2Cl)CCN1. The molecule has 0 spiro atoms. The molecule has 15 heavy (non-hydrogen) atoms. The van der Waals surface area contributed by atoms with Gasteiger partial charge in [-0.1, -0.05) is 29.8 Å². The number of nitrogens with zero attached hydrogens (tertiary/aromatic N) is 1. The third-order valence-corrected chi connectivity index (χ3v) is 3.17. The van der Waals surface area contributed by atoms with Crippen molar-refractivity contribution in [2.75, 3.05) is 19.6 Å². The molecular formula is C12H17ClN2. The van der Waals surface area contributed by atoms with Crippen LogP contribution in [0.1, 0.15) is 12.5 Å². The fourth-order valence-electron chi connectivity index (χ4n) is 2.02. The van der Waals surface area contributed by atoms with Crippen molar-refractivity contribution in [3.8, 4) is 0 Å². The second-order valence-corrected chi connectivity index (χ2v) is 4.59. The zero-order chi connectivity index (χ0) is 10.7. The number of benzene rings is 1. The zero-order valence-corrected chi connectivity index (χ0v) is 9.80. The maximum atomic E-state index is 6.14. The van der Waals surface area contributed by atoms with Crippen LogP contribution in [0, 0.1) is 0 Å². The van der Waals surface area contributed by atoms with Gasteiger partial charge in [0.15, 0.2) is 0 Å². The molecule has 1 atom stereocenters. The highest BCUT2D eigenvalue weighted by atomic mass is 35.5. The van der Waals surface area contributed by atoms with E-state index in [-0.39, 0.29) is 0 Å². The number of nitrogens with one attached hydrogen (secondary N) is 1. The van der Waals surface area contributed by atoms with Crippen LogP contribution in [0.15, 0.2) is 24.3 Å². The molecule has 1 saturated heterocycles. The van der Waals surface area contributed by atoms with Gasteiger partial charge in [-0.25, -0.2) is 0 Å². The van der Waals surface area contributed by atoms with Gasteiger partial charge in [-0.3, -0.25) is 4.90 Å². The van der Waals surface area contributed by atoms with Crippen LogP contribution in [0.25, 0.3) is 0 Å². The predicted molar refractivity (Wildman–Crippen MR) is 64.2 cm³/mol. The van der Waals surface area contributed by atoms with Crippen LogP contribution >= 0.6 is 11.6 Å². The van der Waals surface area contributed by atoms with Gasteiger partial charge in [0, 0.05) is 37.2 Å². The number of piperazine rings is 1. The monoisotopic (exact) mass is 224 g/mol. The molecule has 1 fully saturated rings. The Kier molecular flexibility index (Phi) is 3.62. The normalized spacial score (nSPS) is 22.9. The zero-order valence-electron chi connectivity index (χ0n) is 9.04. The number of hydrogen-bond acceptors (Lipinski definition) is 2. The summed E-state index contributed by atoms with van der Waals surface area (Å²) in [4.78, 5) is 2.45. The fourth-order valence-corrected chi connectivity index (χ4v) is 2.22. The molecule has 1 unspecified atom stereocenters. The Balaban J connectivity index is 1.99. The highest BCUT2D eigenvalue weighted by Crippen LogP contribution is 2.17. The van der Waals surface area contributed by atoms with Gasteiger partial charge in [-0.05, 0) is 18.6 Å². The van der Waals surface area contributed by atoms with E-state index in [0.717, 1.165) is 31.2 Å². The lowest BCUT2D eigenvalue weighted by Gasteiger charge is -2.31. The number of halogens is 1. The molecule has 1 aliphatic heterocycles. The molecular weight excluding hydrogens is 208 g/mol. The first-order valence-corrected chi connectivity index (χ1v) is 5.82. The van der Waals surface area contributed by atoms with Crippen molar-refractivity contribution in [2.24, 2.45) is 0 Å². The predicted octanol–water partition coefficient (Wildman–Crippen LogP) is 2.13. The Morgan fingerprint density at radius 2 is 2.27 bits per heavy atom. The lowest BCUT2D eigenvalue weighted by molar-refractivity contribution is 0.199. The molecule has 82 valence electrons. The van der Waals surface area contributed by atoms with Gasteiger partial charge in [0.2, 0.25) is 0 Å². The molecule has 0 aliphatic carbocycles. The summed E-state index contributed by atoms with van der Waals surface area (Å²) in [5.74, 6) is 0. The molecule has 1 heterocycles. The highest BCUT2D eigenvalue weighted by molar-refractivity contribution is 6.31.